The van der Waals surface area contributed by atoms with Gasteiger partial charge in [-0.1, -0.05) is 48.5 Å². The van der Waals surface area contributed by atoms with Crippen LogP contribution in [0.4, 0.5) is 4.79 Å². The molecule has 4 rings (SSSR count). The lowest BCUT2D eigenvalue weighted by molar-refractivity contribution is -0.140. The molecule has 9 heteroatoms. The predicted molar refractivity (Wildman–Crippen MR) is 128 cm³/mol. The number of nitrogens with one attached hydrogen (secondary N) is 2. The van der Waals surface area contributed by atoms with E-state index in [-0.39, 0.29) is 18.4 Å². The van der Waals surface area contributed by atoms with Gasteiger partial charge in [-0.25, -0.2) is 4.79 Å². The first kappa shape index (κ1) is 24.3. The molecule has 35 heavy (non-hydrogen) atoms. The largest absolute Gasteiger partial charge is 0.481 e. The van der Waals surface area contributed by atoms with E-state index in [0.29, 0.717) is 19.5 Å². The van der Waals surface area contributed by atoms with E-state index in [1.807, 2.05) is 48.5 Å². The Kier molecular flexibility index (Phi) is 7.33. The summed E-state index contributed by atoms with van der Waals surface area (Å²) in [5.41, 5.74) is 4.27. The molecule has 2 aromatic rings. The number of aliphatic carboxylic acids is 1. The summed E-state index contributed by atoms with van der Waals surface area (Å²) in [6, 6.07) is 14.1. The molecule has 1 fully saturated rings. The molecule has 184 valence electrons. The molecule has 1 aliphatic carbocycles. The van der Waals surface area contributed by atoms with E-state index in [4.69, 9.17) is 4.74 Å². The summed E-state index contributed by atoms with van der Waals surface area (Å²) in [4.78, 5) is 50.1. The summed E-state index contributed by atoms with van der Waals surface area (Å²) in [6.07, 6.45) is -0.183. The Morgan fingerprint density at radius 1 is 1.06 bits per heavy atom. The van der Waals surface area contributed by atoms with Gasteiger partial charge in [-0.05, 0) is 35.6 Å². The van der Waals surface area contributed by atoms with Gasteiger partial charge in [0.05, 0.1) is 6.42 Å². The van der Waals surface area contributed by atoms with Gasteiger partial charge in [0.1, 0.15) is 12.6 Å². The number of carbonyl (C=O) groups excluding carboxylic acids is 3. The normalized spacial score (nSPS) is 16.3. The zero-order valence-corrected chi connectivity index (χ0v) is 19.5. The molecule has 2 unspecified atom stereocenters. The highest BCUT2D eigenvalue weighted by Crippen LogP contribution is 2.44. The molecule has 0 bridgehead atoms. The summed E-state index contributed by atoms with van der Waals surface area (Å²) < 4.78 is 5.45. The number of likely N-dealkylation sites (tertiary alicyclic amines) is 1. The van der Waals surface area contributed by atoms with Crippen LogP contribution in [0.2, 0.25) is 0 Å². The third-order valence-corrected chi connectivity index (χ3v) is 6.39. The van der Waals surface area contributed by atoms with Crippen LogP contribution in [-0.2, 0) is 19.1 Å². The smallest absolute Gasteiger partial charge is 0.407 e. The zero-order chi connectivity index (χ0) is 24.9. The average Bonchev–Trinajstić information content (AvgIpc) is 3.37. The van der Waals surface area contributed by atoms with Crippen molar-refractivity contribution in [3.8, 4) is 11.1 Å². The second kappa shape index (κ2) is 10.6. The molecular formula is C26H29N3O6. The highest BCUT2D eigenvalue weighted by atomic mass is 16.5. The van der Waals surface area contributed by atoms with E-state index in [2.05, 4.69) is 10.6 Å². The highest BCUT2D eigenvalue weighted by Gasteiger charge is 2.31. The van der Waals surface area contributed by atoms with E-state index in [1.165, 1.54) is 0 Å². The van der Waals surface area contributed by atoms with Gasteiger partial charge >= 0.3 is 12.1 Å². The Balaban J connectivity index is 1.36. The molecule has 2 atom stereocenters. The number of carbonyl (C=O) groups is 4. The number of hydrogen-bond acceptors (Lipinski definition) is 5. The lowest BCUT2D eigenvalue weighted by Crippen LogP contribution is -2.52. The fraction of sp³-hybridized carbons (Fsp3) is 0.385. The van der Waals surface area contributed by atoms with Gasteiger partial charge in [0.25, 0.3) is 0 Å². The van der Waals surface area contributed by atoms with Crippen molar-refractivity contribution in [1.29, 1.82) is 0 Å². The first-order valence-corrected chi connectivity index (χ1v) is 11.7. The molecule has 1 aliphatic heterocycles. The third-order valence-electron chi connectivity index (χ3n) is 6.39. The highest BCUT2D eigenvalue weighted by molar-refractivity contribution is 5.89. The van der Waals surface area contributed by atoms with Crippen molar-refractivity contribution in [1.82, 2.24) is 15.5 Å². The number of fused-ring (bicyclic) bond motifs is 3. The molecule has 9 nitrogen and oxygen atoms in total. The fourth-order valence-electron chi connectivity index (χ4n) is 4.78. The average molecular weight is 480 g/mol. The van der Waals surface area contributed by atoms with Crippen molar-refractivity contribution in [2.45, 2.75) is 44.2 Å². The maximum absolute atomic E-state index is 12.7. The standard InChI is InChI=1S/C26H29N3O6/c1-16(14-29-12-6-11-23(29)30)27-25(33)22(13-24(31)32)28-26(34)35-15-21-19-9-4-2-7-17(19)18-8-3-5-10-20(18)21/h2-5,7-10,16,21-22H,6,11-15H2,1H3,(H,27,33)(H,28,34)(H,31,32). The van der Waals surface area contributed by atoms with Crippen molar-refractivity contribution in [3.63, 3.8) is 0 Å². The molecule has 3 N–H and O–H groups in total. The van der Waals surface area contributed by atoms with Gasteiger partial charge in [0, 0.05) is 31.5 Å². The lowest BCUT2D eigenvalue weighted by Gasteiger charge is -2.24. The second-order valence-electron chi connectivity index (χ2n) is 8.97. The Morgan fingerprint density at radius 2 is 1.69 bits per heavy atom. The first-order chi connectivity index (χ1) is 16.8. The van der Waals surface area contributed by atoms with Crippen molar-refractivity contribution >= 4 is 23.9 Å². The summed E-state index contributed by atoms with van der Waals surface area (Å²) in [6.45, 7) is 2.74. The maximum atomic E-state index is 12.7. The van der Waals surface area contributed by atoms with Crippen LogP contribution in [0.1, 0.15) is 43.2 Å². The number of carboxylic acids is 1. The molecular weight excluding hydrogens is 450 g/mol. The van der Waals surface area contributed by atoms with Gasteiger partial charge in [0.15, 0.2) is 0 Å². The van der Waals surface area contributed by atoms with Crippen LogP contribution in [0.5, 0.6) is 0 Å². The quantitative estimate of drug-likeness (QED) is 0.508. The van der Waals surface area contributed by atoms with Gasteiger partial charge in [0.2, 0.25) is 11.8 Å². The molecule has 2 aromatic carbocycles. The Bertz CT molecular complexity index is 1090. The van der Waals surface area contributed by atoms with Gasteiger partial charge in [-0.3, -0.25) is 14.4 Å². The van der Waals surface area contributed by atoms with Gasteiger partial charge in [-0.2, -0.15) is 0 Å². The molecule has 2 aliphatic rings. The van der Waals surface area contributed by atoms with Crippen LogP contribution >= 0.6 is 0 Å². The number of ether oxygens (including phenoxy) is 1. The minimum Gasteiger partial charge on any atom is -0.481 e. The lowest BCUT2D eigenvalue weighted by atomic mass is 9.98. The zero-order valence-electron chi connectivity index (χ0n) is 19.5. The Labute approximate surface area is 203 Å². The minimum atomic E-state index is -1.31. The van der Waals surface area contributed by atoms with Crippen LogP contribution in [-0.4, -0.2) is 65.7 Å². The Morgan fingerprint density at radius 3 is 2.26 bits per heavy atom. The predicted octanol–water partition coefficient (Wildman–Crippen LogP) is 2.50. The molecule has 0 spiro atoms. The SMILES string of the molecule is CC(CN1CCCC1=O)NC(=O)C(CC(=O)O)NC(=O)OCC1c2ccccc2-c2ccccc21. The van der Waals surface area contributed by atoms with E-state index in [0.717, 1.165) is 28.7 Å². The van der Waals surface area contributed by atoms with E-state index in [9.17, 15) is 24.3 Å². The van der Waals surface area contributed by atoms with Crippen molar-refractivity contribution in [3.05, 3.63) is 59.7 Å². The van der Waals surface area contributed by atoms with E-state index in [1.54, 1.807) is 11.8 Å². The maximum Gasteiger partial charge on any atom is 0.407 e. The summed E-state index contributed by atoms with van der Waals surface area (Å²) in [5, 5.41) is 14.3. The fourth-order valence-corrected chi connectivity index (χ4v) is 4.78. The summed E-state index contributed by atoms with van der Waals surface area (Å²) in [7, 11) is 0. The third kappa shape index (κ3) is 5.62. The molecule has 3 amide bonds. The number of benzene rings is 2. The molecule has 1 heterocycles. The number of amides is 3. The molecule has 0 aromatic heterocycles. The molecule has 0 radical (unpaired) electrons. The topological polar surface area (TPSA) is 125 Å². The van der Waals surface area contributed by atoms with E-state index < -0.39 is 36.5 Å². The van der Waals surface area contributed by atoms with Crippen LogP contribution in [0.3, 0.4) is 0 Å². The monoisotopic (exact) mass is 479 g/mol. The summed E-state index contributed by atoms with van der Waals surface area (Å²) >= 11 is 0. The number of carboxylic acid groups (broad SMARTS) is 1. The number of rotatable bonds is 9. The van der Waals surface area contributed by atoms with Crippen molar-refractivity contribution in [2.24, 2.45) is 0 Å². The van der Waals surface area contributed by atoms with Crippen LogP contribution in [0.15, 0.2) is 48.5 Å². The first-order valence-electron chi connectivity index (χ1n) is 11.7. The van der Waals surface area contributed by atoms with Gasteiger partial charge < -0.3 is 25.4 Å². The minimum absolute atomic E-state index is 0.0324. The van der Waals surface area contributed by atoms with Crippen LogP contribution in [0, 0.1) is 0 Å². The number of alkyl carbamates (subject to hydrolysis) is 1. The number of hydrogen-bond donors (Lipinski definition) is 3. The van der Waals surface area contributed by atoms with Crippen molar-refractivity contribution in [2.75, 3.05) is 19.7 Å². The van der Waals surface area contributed by atoms with Crippen LogP contribution in [0.25, 0.3) is 11.1 Å². The number of nitrogens with zero attached hydrogens (tertiary/aromatic N) is 1. The molecule has 0 saturated carbocycles. The van der Waals surface area contributed by atoms with E-state index >= 15 is 0 Å². The van der Waals surface area contributed by atoms with Crippen molar-refractivity contribution < 1.29 is 29.0 Å². The summed E-state index contributed by atoms with van der Waals surface area (Å²) in [5.74, 6) is -1.99. The molecule has 1 saturated heterocycles. The Hall–Kier alpha value is -3.88. The van der Waals surface area contributed by atoms with Gasteiger partial charge in [-0.15, -0.1) is 0 Å². The van der Waals surface area contributed by atoms with Crippen LogP contribution < -0.4 is 10.6 Å². The second-order valence-corrected chi connectivity index (χ2v) is 8.97.